The summed E-state index contributed by atoms with van der Waals surface area (Å²) < 4.78 is 63.7. The normalized spacial score (nSPS) is 12.2. The standard InChI is InChI=1S/C25H20F2N4O5S/c1-13-10-19(18-8-9-28-25(18)30(13)32)20-12-17(31(37(33)34)24-14(2)29-36-15(24)3)5-7-22(20)35-23-6-4-16(26)11-21(23)27/h4-12,32H,1-3H3,(H,33,34). The monoisotopic (exact) mass is 526 g/mol. The van der Waals surface area contributed by atoms with Gasteiger partial charge in [-0.15, -0.1) is 0 Å². The minimum Gasteiger partial charge on any atom is -0.454 e. The highest BCUT2D eigenvalue weighted by molar-refractivity contribution is 7.81. The SMILES string of the molecule is Cc1noc(C)c1N(c1ccc(Oc2ccc(F)cc2F)c(-c2cc(C)n(O)c3nccc2-3)c1)S(=O)O. The van der Waals surface area contributed by atoms with Gasteiger partial charge in [-0.3, -0.25) is 4.55 Å². The highest BCUT2D eigenvalue weighted by atomic mass is 32.2. The first kappa shape index (κ1) is 24.4. The van der Waals surface area contributed by atoms with Crippen LogP contribution in [0.3, 0.4) is 0 Å². The van der Waals surface area contributed by atoms with Crippen molar-refractivity contribution in [1.82, 2.24) is 14.9 Å². The molecule has 12 heteroatoms. The lowest BCUT2D eigenvalue weighted by Crippen LogP contribution is -2.20. The van der Waals surface area contributed by atoms with Crippen LogP contribution in [0.15, 0.2) is 59.3 Å². The fourth-order valence-electron chi connectivity index (χ4n) is 4.13. The molecule has 37 heavy (non-hydrogen) atoms. The van der Waals surface area contributed by atoms with Crippen molar-refractivity contribution in [3.63, 3.8) is 0 Å². The molecular weight excluding hydrogens is 506 g/mol. The molecule has 3 heterocycles. The van der Waals surface area contributed by atoms with Gasteiger partial charge >= 0.3 is 0 Å². The molecule has 0 bridgehead atoms. The lowest BCUT2D eigenvalue weighted by molar-refractivity contribution is 0.180. The summed E-state index contributed by atoms with van der Waals surface area (Å²) in [5.74, 6) is -1.10. The smallest absolute Gasteiger partial charge is 0.266 e. The van der Waals surface area contributed by atoms with Gasteiger partial charge in [0.15, 0.2) is 23.2 Å². The molecule has 1 atom stereocenters. The first-order chi connectivity index (χ1) is 17.7. The molecule has 0 saturated carbocycles. The van der Waals surface area contributed by atoms with Crippen LogP contribution in [0.2, 0.25) is 0 Å². The van der Waals surface area contributed by atoms with E-state index in [1.165, 1.54) is 24.4 Å². The number of hydrogen-bond acceptors (Lipinski definition) is 6. The van der Waals surface area contributed by atoms with Crippen LogP contribution in [0.5, 0.6) is 11.5 Å². The van der Waals surface area contributed by atoms with Crippen LogP contribution >= 0.6 is 0 Å². The van der Waals surface area contributed by atoms with Crippen LogP contribution in [-0.2, 0) is 11.3 Å². The van der Waals surface area contributed by atoms with Gasteiger partial charge in [0, 0.05) is 23.4 Å². The maximum Gasteiger partial charge on any atom is 0.266 e. The molecule has 1 unspecified atom stereocenters. The van der Waals surface area contributed by atoms with Crippen LogP contribution in [-0.4, -0.2) is 28.8 Å². The number of fused-ring (bicyclic) bond motifs is 1. The predicted octanol–water partition coefficient (Wildman–Crippen LogP) is 6.15. The van der Waals surface area contributed by atoms with Gasteiger partial charge in [0.2, 0.25) is 0 Å². The fraction of sp³-hybridized carbons (Fsp3) is 0.120. The Morgan fingerprint density at radius 1 is 1.00 bits per heavy atom. The molecule has 2 aliphatic heterocycles. The van der Waals surface area contributed by atoms with Gasteiger partial charge in [-0.2, -0.15) is 4.73 Å². The third-order valence-corrected chi connectivity index (χ3v) is 6.52. The Bertz CT molecular complexity index is 1610. The average Bonchev–Trinajstić information content (AvgIpc) is 3.47. The molecule has 2 aliphatic rings. The van der Waals surface area contributed by atoms with Gasteiger partial charge in [-0.05, 0) is 68.8 Å². The van der Waals surface area contributed by atoms with E-state index in [0.717, 1.165) is 15.1 Å². The van der Waals surface area contributed by atoms with Gasteiger partial charge < -0.3 is 14.5 Å². The second kappa shape index (κ2) is 9.30. The number of halogens is 2. The van der Waals surface area contributed by atoms with E-state index in [0.29, 0.717) is 45.6 Å². The van der Waals surface area contributed by atoms with E-state index in [9.17, 15) is 22.7 Å². The first-order valence-corrected chi connectivity index (χ1v) is 12.0. The third-order valence-electron chi connectivity index (χ3n) is 5.81. The third kappa shape index (κ3) is 4.30. The summed E-state index contributed by atoms with van der Waals surface area (Å²) in [6.07, 6.45) is 1.52. The van der Waals surface area contributed by atoms with E-state index >= 15 is 0 Å². The van der Waals surface area contributed by atoms with E-state index in [1.807, 2.05) is 0 Å². The minimum absolute atomic E-state index is 0.175. The van der Waals surface area contributed by atoms with Crippen molar-refractivity contribution in [1.29, 1.82) is 0 Å². The molecule has 9 nitrogen and oxygen atoms in total. The molecule has 1 aromatic heterocycles. The van der Waals surface area contributed by atoms with E-state index < -0.39 is 22.9 Å². The Kier molecular flexibility index (Phi) is 6.13. The molecule has 0 saturated heterocycles. The van der Waals surface area contributed by atoms with Crippen molar-refractivity contribution >= 4 is 22.6 Å². The Hall–Kier alpha value is -4.29. The maximum absolute atomic E-state index is 14.5. The second-order valence-electron chi connectivity index (χ2n) is 8.25. The minimum atomic E-state index is -2.51. The molecule has 0 spiro atoms. The largest absolute Gasteiger partial charge is 0.454 e. The molecule has 3 aromatic rings. The number of hydrogen-bond donors (Lipinski definition) is 2. The summed E-state index contributed by atoms with van der Waals surface area (Å²) in [5, 5.41) is 14.3. The number of aryl methyl sites for hydroxylation is 3. The zero-order chi connectivity index (χ0) is 26.4. The summed E-state index contributed by atoms with van der Waals surface area (Å²) >= 11 is -2.51. The molecule has 0 fully saturated rings. The number of rotatable bonds is 6. The Labute approximate surface area is 212 Å². The van der Waals surface area contributed by atoms with Gasteiger partial charge in [-0.1, -0.05) is 5.16 Å². The van der Waals surface area contributed by atoms with Gasteiger partial charge in [0.25, 0.3) is 11.3 Å². The summed E-state index contributed by atoms with van der Waals surface area (Å²) in [4.78, 5) is 4.20. The molecule has 2 aromatic carbocycles. The van der Waals surface area contributed by atoms with Crippen LogP contribution < -0.4 is 9.04 Å². The van der Waals surface area contributed by atoms with E-state index in [2.05, 4.69) is 10.1 Å². The van der Waals surface area contributed by atoms with Gasteiger partial charge in [0.1, 0.15) is 22.9 Å². The molecular formula is C25H20F2N4O5S. The molecule has 0 aliphatic carbocycles. The van der Waals surface area contributed by atoms with Crippen molar-refractivity contribution in [2.45, 2.75) is 20.8 Å². The van der Waals surface area contributed by atoms with Crippen LogP contribution in [0.4, 0.5) is 20.2 Å². The fourth-order valence-corrected chi connectivity index (χ4v) is 4.84. The van der Waals surface area contributed by atoms with Crippen molar-refractivity contribution in [2.24, 2.45) is 0 Å². The topological polar surface area (TPSA) is 114 Å². The van der Waals surface area contributed by atoms with Crippen molar-refractivity contribution in [2.75, 3.05) is 4.31 Å². The summed E-state index contributed by atoms with van der Waals surface area (Å²) in [5.41, 5.74) is 2.92. The molecule has 0 radical (unpaired) electrons. The molecule has 0 amide bonds. The lowest BCUT2D eigenvalue weighted by atomic mass is 9.98. The Balaban J connectivity index is 1.74. The summed E-state index contributed by atoms with van der Waals surface area (Å²) in [6.45, 7) is 4.92. The average molecular weight is 527 g/mol. The summed E-state index contributed by atoms with van der Waals surface area (Å²) in [6, 6.07) is 10.9. The van der Waals surface area contributed by atoms with Gasteiger partial charge in [-0.25, -0.2) is 22.3 Å². The van der Waals surface area contributed by atoms with Gasteiger partial charge in [0.05, 0.1) is 11.4 Å². The quantitative estimate of drug-likeness (QED) is 0.201. The van der Waals surface area contributed by atoms with Crippen LogP contribution in [0.25, 0.3) is 22.5 Å². The molecule has 190 valence electrons. The lowest BCUT2D eigenvalue weighted by Gasteiger charge is -2.22. The number of benzene rings is 2. The number of pyridine rings is 1. The Morgan fingerprint density at radius 3 is 2.43 bits per heavy atom. The zero-order valence-corrected chi connectivity index (χ0v) is 20.6. The number of nitrogens with zero attached hydrogens (tertiary/aromatic N) is 4. The zero-order valence-electron chi connectivity index (χ0n) is 19.8. The van der Waals surface area contributed by atoms with Crippen molar-refractivity contribution in [3.05, 3.63) is 83.5 Å². The predicted molar refractivity (Wildman–Crippen MR) is 132 cm³/mol. The van der Waals surface area contributed by atoms with E-state index in [-0.39, 0.29) is 23.0 Å². The highest BCUT2D eigenvalue weighted by Gasteiger charge is 2.26. The van der Waals surface area contributed by atoms with Crippen LogP contribution in [0, 0.1) is 32.4 Å². The second-order valence-corrected chi connectivity index (χ2v) is 9.08. The maximum atomic E-state index is 14.5. The summed E-state index contributed by atoms with van der Waals surface area (Å²) in [7, 11) is 0. The van der Waals surface area contributed by atoms with E-state index in [4.69, 9.17) is 9.26 Å². The number of aromatic nitrogens is 3. The molecule has 5 rings (SSSR count). The highest BCUT2D eigenvalue weighted by Crippen LogP contribution is 2.44. The number of anilines is 2. The van der Waals surface area contributed by atoms with Crippen molar-refractivity contribution < 1.29 is 32.0 Å². The first-order valence-electron chi connectivity index (χ1n) is 10.9. The Morgan fingerprint density at radius 2 is 1.76 bits per heavy atom. The number of ether oxygens (including phenoxy) is 1. The van der Waals surface area contributed by atoms with Crippen LogP contribution in [0.1, 0.15) is 17.1 Å². The van der Waals surface area contributed by atoms with Crippen molar-refractivity contribution in [3.8, 4) is 34.0 Å². The molecule has 2 N–H and O–H groups in total. The van der Waals surface area contributed by atoms with E-state index in [1.54, 1.807) is 39.0 Å².